The third-order valence-electron chi connectivity index (χ3n) is 1.07. The number of nitrogens with zero attached hydrogens (tertiary/aromatic N) is 2. The molecular weight excluding hydrogens is 128 g/mol. The molecule has 0 saturated carbocycles. The second-order valence-corrected chi connectivity index (χ2v) is 1.82. The fourth-order valence-corrected chi connectivity index (χ4v) is 0.612. The molecule has 0 aromatic carbocycles. The molecule has 0 bridgehead atoms. The normalized spacial score (nSPS) is 9.20. The van der Waals surface area contributed by atoms with Crippen molar-refractivity contribution in [2.24, 2.45) is 5.73 Å². The van der Waals surface area contributed by atoms with E-state index in [2.05, 4.69) is 11.6 Å². The zero-order valence-electron chi connectivity index (χ0n) is 5.41. The predicted octanol–water partition coefficient (Wildman–Crippen LogP) is -0.251. The van der Waals surface area contributed by atoms with E-state index in [1.165, 1.54) is 10.8 Å². The number of hydrogen-bond acceptors (Lipinski definition) is 3. The molecule has 1 aromatic rings. The van der Waals surface area contributed by atoms with E-state index in [1.807, 2.05) is 0 Å². The standard InChI is InChI=1S/C6H8N4/c1-5(7)10-3-2-9-4-6(10)8/h2-4,8H,1,7H2. The average molecular weight is 136 g/mol. The van der Waals surface area contributed by atoms with Gasteiger partial charge in [-0.2, -0.15) is 0 Å². The van der Waals surface area contributed by atoms with Crippen molar-refractivity contribution in [3.8, 4) is 0 Å². The van der Waals surface area contributed by atoms with E-state index in [4.69, 9.17) is 11.1 Å². The number of hydrogen-bond donors (Lipinski definition) is 2. The zero-order chi connectivity index (χ0) is 7.56. The molecule has 0 spiro atoms. The van der Waals surface area contributed by atoms with Gasteiger partial charge in [0.05, 0.1) is 6.20 Å². The highest BCUT2D eigenvalue weighted by molar-refractivity contribution is 5.34. The van der Waals surface area contributed by atoms with E-state index in [0.29, 0.717) is 5.82 Å². The number of rotatable bonds is 1. The van der Waals surface area contributed by atoms with Crippen LogP contribution in [0.15, 0.2) is 25.2 Å². The highest BCUT2D eigenvalue weighted by Gasteiger charge is 1.88. The van der Waals surface area contributed by atoms with Gasteiger partial charge in [0, 0.05) is 12.4 Å². The summed E-state index contributed by atoms with van der Waals surface area (Å²) in [6, 6.07) is 0. The quantitative estimate of drug-likeness (QED) is 0.559. The lowest BCUT2D eigenvalue weighted by Crippen LogP contribution is -2.21. The van der Waals surface area contributed by atoms with Gasteiger partial charge >= 0.3 is 0 Å². The summed E-state index contributed by atoms with van der Waals surface area (Å²) in [6.45, 7) is 3.48. The van der Waals surface area contributed by atoms with Crippen LogP contribution in [0, 0.1) is 5.41 Å². The van der Waals surface area contributed by atoms with Crippen LogP contribution in [0.5, 0.6) is 0 Å². The van der Waals surface area contributed by atoms with Crippen LogP contribution >= 0.6 is 0 Å². The molecule has 3 N–H and O–H groups in total. The van der Waals surface area contributed by atoms with E-state index in [9.17, 15) is 0 Å². The lowest BCUT2D eigenvalue weighted by Gasteiger charge is -2.01. The van der Waals surface area contributed by atoms with Crippen LogP contribution in [0.3, 0.4) is 0 Å². The van der Waals surface area contributed by atoms with Crippen LogP contribution < -0.4 is 11.2 Å². The Labute approximate surface area is 58.1 Å². The number of aromatic nitrogens is 2. The van der Waals surface area contributed by atoms with Gasteiger partial charge in [0.25, 0.3) is 0 Å². The van der Waals surface area contributed by atoms with Gasteiger partial charge in [-0.25, -0.2) is 0 Å². The first kappa shape index (κ1) is 6.54. The van der Waals surface area contributed by atoms with Crippen LogP contribution in [0.25, 0.3) is 5.82 Å². The van der Waals surface area contributed by atoms with Crippen LogP contribution in [-0.2, 0) is 0 Å². The summed E-state index contributed by atoms with van der Waals surface area (Å²) in [4.78, 5) is 3.72. The molecule has 1 rings (SSSR count). The van der Waals surface area contributed by atoms with Crippen LogP contribution in [0.1, 0.15) is 0 Å². The number of nitrogens with one attached hydrogen (secondary N) is 1. The summed E-state index contributed by atoms with van der Waals surface area (Å²) >= 11 is 0. The van der Waals surface area contributed by atoms with Gasteiger partial charge in [-0.15, -0.1) is 0 Å². The van der Waals surface area contributed by atoms with E-state index in [1.54, 1.807) is 12.4 Å². The molecule has 0 aliphatic heterocycles. The first-order valence-corrected chi connectivity index (χ1v) is 2.74. The van der Waals surface area contributed by atoms with Gasteiger partial charge in [0.15, 0.2) is 0 Å². The second kappa shape index (κ2) is 2.34. The topological polar surface area (TPSA) is 67.7 Å². The van der Waals surface area contributed by atoms with Gasteiger partial charge in [-0.1, -0.05) is 6.58 Å². The molecule has 0 aliphatic rings. The van der Waals surface area contributed by atoms with E-state index < -0.39 is 0 Å². The molecule has 0 saturated heterocycles. The maximum atomic E-state index is 7.26. The minimum absolute atomic E-state index is 0.231. The molecule has 0 unspecified atom stereocenters. The molecule has 0 fully saturated rings. The molecule has 0 amide bonds. The van der Waals surface area contributed by atoms with Gasteiger partial charge in [0.2, 0.25) is 0 Å². The van der Waals surface area contributed by atoms with Crippen molar-refractivity contribution >= 4 is 5.82 Å². The maximum absolute atomic E-state index is 7.26. The SMILES string of the molecule is C=C(N)n1ccncc1=N. The Morgan fingerprint density at radius 2 is 2.50 bits per heavy atom. The summed E-state index contributed by atoms with van der Waals surface area (Å²) in [6.07, 6.45) is 4.54. The Kier molecular flexibility index (Phi) is 1.53. The molecule has 1 aromatic heterocycles. The zero-order valence-corrected chi connectivity index (χ0v) is 5.41. The van der Waals surface area contributed by atoms with E-state index in [0.717, 1.165) is 0 Å². The van der Waals surface area contributed by atoms with Crippen molar-refractivity contribution in [3.05, 3.63) is 30.7 Å². The summed E-state index contributed by atoms with van der Waals surface area (Å²) in [5, 5.41) is 7.26. The Hall–Kier alpha value is -1.58. The van der Waals surface area contributed by atoms with Gasteiger partial charge in [-0.3, -0.25) is 15.0 Å². The highest BCUT2D eigenvalue weighted by Crippen LogP contribution is 1.82. The lowest BCUT2D eigenvalue weighted by molar-refractivity contribution is 0.904. The highest BCUT2D eigenvalue weighted by atomic mass is 15.1. The summed E-state index contributed by atoms with van der Waals surface area (Å²) < 4.78 is 1.44. The molecule has 1 heterocycles. The minimum Gasteiger partial charge on any atom is -0.385 e. The van der Waals surface area contributed by atoms with E-state index >= 15 is 0 Å². The Morgan fingerprint density at radius 3 is 2.90 bits per heavy atom. The molecule has 4 nitrogen and oxygen atoms in total. The van der Waals surface area contributed by atoms with Crippen LogP contribution in [0.2, 0.25) is 0 Å². The minimum atomic E-state index is 0.231. The maximum Gasteiger partial charge on any atom is 0.149 e. The largest absolute Gasteiger partial charge is 0.385 e. The Bertz CT molecular complexity index is 299. The van der Waals surface area contributed by atoms with Gasteiger partial charge < -0.3 is 5.73 Å². The van der Waals surface area contributed by atoms with Crippen molar-refractivity contribution in [2.45, 2.75) is 0 Å². The first-order chi connectivity index (χ1) is 4.72. The molecule has 10 heavy (non-hydrogen) atoms. The number of nitrogens with two attached hydrogens (primary N) is 1. The molecule has 0 atom stereocenters. The van der Waals surface area contributed by atoms with Crippen LogP contribution in [0.4, 0.5) is 0 Å². The fraction of sp³-hybridized carbons (Fsp3) is 0. The Balaban J connectivity index is 3.29. The molecule has 52 valence electrons. The van der Waals surface area contributed by atoms with Crippen molar-refractivity contribution < 1.29 is 0 Å². The molecular formula is C6H8N4. The third-order valence-corrected chi connectivity index (χ3v) is 1.07. The van der Waals surface area contributed by atoms with Crippen molar-refractivity contribution in [1.29, 1.82) is 5.41 Å². The second-order valence-electron chi connectivity index (χ2n) is 1.82. The lowest BCUT2D eigenvalue weighted by atomic mass is 10.6. The Morgan fingerprint density at radius 1 is 1.80 bits per heavy atom. The van der Waals surface area contributed by atoms with Gasteiger partial charge in [0.1, 0.15) is 11.3 Å². The molecule has 4 heteroatoms. The summed E-state index contributed by atoms with van der Waals surface area (Å²) in [7, 11) is 0. The predicted molar refractivity (Wildman–Crippen MR) is 37.6 cm³/mol. The van der Waals surface area contributed by atoms with Crippen LogP contribution in [-0.4, -0.2) is 9.55 Å². The third kappa shape index (κ3) is 1.05. The first-order valence-electron chi connectivity index (χ1n) is 2.74. The average Bonchev–Trinajstić information content (AvgIpc) is 1.88. The van der Waals surface area contributed by atoms with Gasteiger partial charge in [-0.05, 0) is 0 Å². The fourth-order valence-electron chi connectivity index (χ4n) is 0.612. The monoisotopic (exact) mass is 136 g/mol. The molecule has 0 aliphatic carbocycles. The molecule has 0 radical (unpaired) electrons. The smallest absolute Gasteiger partial charge is 0.149 e. The van der Waals surface area contributed by atoms with E-state index in [-0.39, 0.29) is 5.49 Å². The summed E-state index contributed by atoms with van der Waals surface area (Å²) in [5.74, 6) is 0.326. The van der Waals surface area contributed by atoms with Crippen molar-refractivity contribution in [1.82, 2.24) is 9.55 Å². The summed E-state index contributed by atoms with van der Waals surface area (Å²) in [5.41, 5.74) is 5.57. The van der Waals surface area contributed by atoms with Crippen molar-refractivity contribution in [3.63, 3.8) is 0 Å². The van der Waals surface area contributed by atoms with Crippen molar-refractivity contribution in [2.75, 3.05) is 0 Å².